The lowest BCUT2D eigenvalue weighted by molar-refractivity contribution is 0.0697. The molecule has 0 heterocycles. The molecule has 1 aromatic carbocycles. The summed E-state index contributed by atoms with van der Waals surface area (Å²) < 4.78 is 0. The molecular formula is C12H19N3O2. The number of nitrogens with two attached hydrogens (primary N) is 1. The molecule has 0 radical (unpaired) electrons. The molecule has 3 N–H and O–H groups in total. The number of nitrogens with zero attached hydrogens (tertiary/aromatic N) is 2. The highest BCUT2D eigenvalue weighted by molar-refractivity contribution is 5.90. The highest BCUT2D eigenvalue weighted by atomic mass is 16.4. The first kappa shape index (κ1) is 13.3. The van der Waals surface area contributed by atoms with Gasteiger partial charge in [0.05, 0.1) is 16.9 Å². The Balaban J connectivity index is 2.87. The van der Waals surface area contributed by atoms with Crippen LogP contribution in [0.5, 0.6) is 0 Å². The number of likely N-dealkylation sites (N-methyl/N-ethyl adjacent to an activating group) is 2. The summed E-state index contributed by atoms with van der Waals surface area (Å²) in [7, 11) is 5.89. The molecule has 5 nitrogen and oxygen atoms in total. The van der Waals surface area contributed by atoms with Gasteiger partial charge in [-0.15, -0.1) is 0 Å². The first-order chi connectivity index (χ1) is 7.91. The van der Waals surface area contributed by atoms with Crippen molar-refractivity contribution < 1.29 is 9.90 Å². The van der Waals surface area contributed by atoms with Gasteiger partial charge in [-0.2, -0.15) is 0 Å². The van der Waals surface area contributed by atoms with Gasteiger partial charge < -0.3 is 20.6 Å². The van der Waals surface area contributed by atoms with Gasteiger partial charge in [0.2, 0.25) is 0 Å². The second kappa shape index (κ2) is 5.54. The van der Waals surface area contributed by atoms with Gasteiger partial charge in [-0.25, -0.2) is 4.79 Å². The molecule has 0 saturated carbocycles. The molecule has 0 saturated heterocycles. The Kier molecular flexibility index (Phi) is 4.34. The second-order valence-electron chi connectivity index (χ2n) is 4.30. The van der Waals surface area contributed by atoms with Crippen molar-refractivity contribution in [2.75, 3.05) is 44.9 Å². The first-order valence-electron chi connectivity index (χ1n) is 5.40. The molecule has 1 aromatic rings. The predicted octanol–water partition coefficient (Wildman–Crippen LogP) is 0.965. The standard InChI is InChI=1S/C12H19N3O2/c1-14(2)6-7-15(3)11-8-9(12(16)17)4-5-10(11)13/h4-5,8H,6-7,13H2,1-3H3,(H,16,17). The fourth-order valence-electron chi connectivity index (χ4n) is 1.48. The van der Waals surface area contributed by atoms with Crippen molar-refractivity contribution in [3.8, 4) is 0 Å². The van der Waals surface area contributed by atoms with Crippen LogP contribution in [-0.2, 0) is 0 Å². The van der Waals surface area contributed by atoms with Gasteiger partial charge in [0.15, 0.2) is 0 Å². The molecule has 0 amide bonds. The highest BCUT2D eigenvalue weighted by Gasteiger charge is 2.10. The van der Waals surface area contributed by atoms with Crippen molar-refractivity contribution in [3.05, 3.63) is 23.8 Å². The summed E-state index contributed by atoms with van der Waals surface area (Å²) in [6.07, 6.45) is 0. The van der Waals surface area contributed by atoms with Crippen LogP contribution in [0.1, 0.15) is 10.4 Å². The molecule has 0 spiro atoms. The smallest absolute Gasteiger partial charge is 0.335 e. The number of aromatic carboxylic acids is 1. The molecular weight excluding hydrogens is 218 g/mol. The normalized spacial score (nSPS) is 10.6. The largest absolute Gasteiger partial charge is 0.478 e. The fraction of sp³-hybridized carbons (Fsp3) is 0.417. The van der Waals surface area contributed by atoms with Gasteiger partial charge in [-0.05, 0) is 32.3 Å². The lowest BCUT2D eigenvalue weighted by Gasteiger charge is -2.23. The third-order valence-electron chi connectivity index (χ3n) is 2.57. The number of nitrogen functional groups attached to an aromatic ring is 1. The van der Waals surface area contributed by atoms with Crippen LogP contribution in [0.15, 0.2) is 18.2 Å². The van der Waals surface area contributed by atoms with Crippen LogP contribution in [0.4, 0.5) is 11.4 Å². The van der Waals surface area contributed by atoms with E-state index >= 15 is 0 Å². The zero-order chi connectivity index (χ0) is 13.0. The molecule has 0 aliphatic heterocycles. The van der Waals surface area contributed by atoms with Gasteiger partial charge in [0, 0.05) is 20.1 Å². The van der Waals surface area contributed by atoms with E-state index in [0.29, 0.717) is 5.69 Å². The Hall–Kier alpha value is -1.75. The average molecular weight is 237 g/mol. The molecule has 0 bridgehead atoms. The number of rotatable bonds is 5. The molecule has 0 unspecified atom stereocenters. The molecule has 0 atom stereocenters. The van der Waals surface area contributed by atoms with Crippen molar-refractivity contribution in [3.63, 3.8) is 0 Å². The minimum Gasteiger partial charge on any atom is -0.478 e. The number of hydrogen-bond donors (Lipinski definition) is 2. The van der Waals surface area contributed by atoms with E-state index in [0.717, 1.165) is 18.8 Å². The zero-order valence-electron chi connectivity index (χ0n) is 10.5. The van der Waals surface area contributed by atoms with Gasteiger partial charge in [0.25, 0.3) is 0 Å². The van der Waals surface area contributed by atoms with E-state index in [1.54, 1.807) is 12.1 Å². The number of anilines is 2. The Morgan fingerprint density at radius 1 is 1.29 bits per heavy atom. The molecule has 0 aliphatic rings. The number of benzene rings is 1. The predicted molar refractivity (Wildman–Crippen MR) is 69.6 cm³/mol. The lowest BCUT2D eigenvalue weighted by Crippen LogP contribution is -2.29. The summed E-state index contributed by atoms with van der Waals surface area (Å²) in [4.78, 5) is 14.9. The fourth-order valence-corrected chi connectivity index (χ4v) is 1.48. The number of carboxylic acid groups (broad SMARTS) is 1. The van der Waals surface area contributed by atoms with Crippen LogP contribution < -0.4 is 10.6 Å². The summed E-state index contributed by atoms with van der Waals surface area (Å²) in [6, 6.07) is 4.75. The Morgan fingerprint density at radius 2 is 1.94 bits per heavy atom. The van der Waals surface area contributed by atoms with Crippen molar-refractivity contribution in [2.24, 2.45) is 0 Å². The molecule has 5 heteroatoms. The third-order valence-corrected chi connectivity index (χ3v) is 2.57. The third kappa shape index (κ3) is 3.64. The summed E-state index contributed by atoms with van der Waals surface area (Å²) in [5.41, 5.74) is 7.45. The van der Waals surface area contributed by atoms with Crippen LogP contribution in [-0.4, -0.2) is 50.2 Å². The maximum Gasteiger partial charge on any atom is 0.335 e. The topological polar surface area (TPSA) is 69.8 Å². The van der Waals surface area contributed by atoms with Crippen LogP contribution in [0, 0.1) is 0 Å². The van der Waals surface area contributed by atoms with E-state index < -0.39 is 5.97 Å². The molecule has 1 rings (SSSR count). The minimum absolute atomic E-state index is 0.255. The Bertz CT molecular complexity index is 405. The van der Waals surface area contributed by atoms with E-state index in [9.17, 15) is 4.79 Å². The number of carboxylic acids is 1. The van der Waals surface area contributed by atoms with Gasteiger partial charge >= 0.3 is 5.97 Å². The van der Waals surface area contributed by atoms with Crippen molar-refractivity contribution in [1.29, 1.82) is 0 Å². The second-order valence-corrected chi connectivity index (χ2v) is 4.30. The van der Waals surface area contributed by atoms with Crippen molar-refractivity contribution in [1.82, 2.24) is 4.90 Å². The number of hydrogen-bond acceptors (Lipinski definition) is 4. The SMILES string of the molecule is CN(C)CCN(C)c1cc(C(=O)O)ccc1N. The molecule has 0 aliphatic carbocycles. The van der Waals surface area contributed by atoms with Crippen molar-refractivity contribution >= 4 is 17.3 Å². The van der Waals surface area contributed by atoms with Crippen LogP contribution in [0.25, 0.3) is 0 Å². The van der Waals surface area contributed by atoms with E-state index in [1.807, 2.05) is 26.0 Å². The van der Waals surface area contributed by atoms with Gasteiger partial charge in [-0.3, -0.25) is 0 Å². The summed E-state index contributed by atoms with van der Waals surface area (Å²) >= 11 is 0. The van der Waals surface area contributed by atoms with Crippen LogP contribution >= 0.6 is 0 Å². The van der Waals surface area contributed by atoms with E-state index in [-0.39, 0.29) is 5.56 Å². The van der Waals surface area contributed by atoms with E-state index in [4.69, 9.17) is 10.8 Å². The van der Waals surface area contributed by atoms with Gasteiger partial charge in [0.1, 0.15) is 0 Å². The monoisotopic (exact) mass is 237 g/mol. The maximum atomic E-state index is 10.9. The zero-order valence-corrected chi connectivity index (χ0v) is 10.5. The Labute approximate surface area is 101 Å². The maximum absolute atomic E-state index is 10.9. The quantitative estimate of drug-likeness (QED) is 0.747. The van der Waals surface area contributed by atoms with E-state index in [1.165, 1.54) is 6.07 Å². The summed E-state index contributed by atoms with van der Waals surface area (Å²) in [5.74, 6) is -0.938. The molecule has 94 valence electrons. The highest BCUT2D eigenvalue weighted by Crippen LogP contribution is 2.23. The van der Waals surface area contributed by atoms with E-state index in [2.05, 4.69) is 4.90 Å². The average Bonchev–Trinajstić information content (AvgIpc) is 2.26. The molecule has 17 heavy (non-hydrogen) atoms. The Morgan fingerprint density at radius 3 is 2.47 bits per heavy atom. The van der Waals surface area contributed by atoms with Gasteiger partial charge in [-0.1, -0.05) is 0 Å². The lowest BCUT2D eigenvalue weighted by atomic mass is 10.1. The van der Waals surface area contributed by atoms with Crippen molar-refractivity contribution in [2.45, 2.75) is 0 Å². The molecule has 0 aromatic heterocycles. The first-order valence-corrected chi connectivity index (χ1v) is 5.40. The molecule has 0 fully saturated rings. The van der Waals surface area contributed by atoms with Crippen LogP contribution in [0.2, 0.25) is 0 Å². The van der Waals surface area contributed by atoms with Crippen LogP contribution in [0.3, 0.4) is 0 Å². The number of carbonyl (C=O) groups is 1. The minimum atomic E-state index is -0.938. The summed E-state index contributed by atoms with van der Waals surface area (Å²) in [5, 5.41) is 8.93. The summed E-state index contributed by atoms with van der Waals surface area (Å²) in [6.45, 7) is 1.67.